The van der Waals surface area contributed by atoms with Gasteiger partial charge in [0.2, 0.25) is 0 Å². The number of hydrogen-bond donors (Lipinski definition) is 2. The van der Waals surface area contributed by atoms with E-state index in [0.29, 0.717) is 46.8 Å². The largest absolute Gasteiger partial charge is 0.508 e. The Bertz CT molecular complexity index is 1800. The standard InChI is InChI=1S/C31H28FN5O/c1-3-25-36-28-16(2)35-29-23(31(28)37(25)30-19-13-24(30)34-15-19)12-18(8-6-10-33)26(27(29)32)22-14-20(38)11-17-7-4-5-9-21(17)22/h4-5,7,9,11-12,14,19,24,30,34,38H,3,6,8,13,15H2,1-2H3. The molecule has 8 rings (SSSR count). The molecule has 1 saturated carbocycles. The van der Waals surface area contributed by atoms with E-state index in [2.05, 4.69) is 22.9 Å². The highest BCUT2D eigenvalue weighted by Crippen LogP contribution is 2.48. The lowest BCUT2D eigenvalue weighted by Gasteiger charge is -2.37. The van der Waals surface area contributed by atoms with Crippen molar-refractivity contribution in [2.24, 2.45) is 5.92 Å². The predicted octanol–water partition coefficient (Wildman–Crippen LogP) is 6.11. The first-order valence-electron chi connectivity index (χ1n) is 13.3. The van der Waals surface area contributed by atoms with Gasteiger partial charge in [-0.3, -0.25) is 0 Å². The molecule has 1 aliphatic carbocycles. The number of fused-ring (bicyclic) bond motifs is 5. The number of nitrogens with zero attached hydrogens (tertiary/aromatic N) is 4. The zero-order valence-corrected chi connectivity index (χ0v) is 21.4. The lowest BCUT2D eigenvalue weighted by atomic mass is 9.79. The number of benzene rings is 3. The van der Waals surface area contributed by atoms with Gasteiger partial charge in [0.05, 0.1) is 23.3 Å². The Morgan fingerprint density at radius 2 is 2.00 bits per heavy atom. The molecule has 7 heteroatoms. The van der Waals surface area contributed by atoms with Gasteiger partial charge in [0.25, 0.3) is 0 Å². The average molecular weight is 506 g/mol. The second-order valence-electron chi connectivity index (χ2n) is 10.6. The molecule has 0 spiro atoms. The van der Waals surface area contributed by atoms with Crippen molar-refractivity contribution in [1.29, 1.82) is 5.26 Å². The van der Waals surface area contributed by atoms with E-state index in [0.717, 1.165) is 58.0 Å². The molecule has 3 aliphatic rings. The molecule has 5 aromatic rings. The summed E-state index contributed by atoms with van der Waals surface area (Å²) in [4.78, 5) is 9.76. The molecule has 0 amide bonds. The zero-order chi connectivity index (χ0) is 26.1. The SMILES string of the molecule is CCc1nc2c(C)nc3c(F)c(-c4cc(O)cc5ccccc45)c(CCC#N)cc3c2n1C1C2CNC1C2. The van der Waals surface area contributed by atoms with Crippen LogP contribution in [0.5, 0.6) is 5.75 Å². The minimum atomic E-state index is -0.420. The van der Waals surface area contributed by atoms with Crippen molar-refractivity contribution >= 4 is 32.7 Å². The van der Waals surface area contributed by atoms with Gasteiger partial charge in [0, 0.05) is 36.4 Å². The normalized spacial score (nSPS) is 20.3. The first-order chi connectivity index (χ1) is 18.5. The Morgan fingerprint density at radius 1 is 1.16 bits per heavy atom. The fraction of sp³-hybridized carbons (Fsp3) is 0.323. The van der Waals surface area contributed by atoms with Gasteiger partial charge in [0.1, 0.15) is 22.6 Å². The maximum absolute atomic E-state index is 16.8. The van der Waals surface area contributed by atoms with Crippen LogP contribution in [0.25, 0.3) is 43.8 Å². The molecule has 190 valence electrons. The summed E-state index contributed by atoms with van der Waals surface area (Å²) < 4.78 is 19.2. The summed E-state index contributed by atoms with van der Waals surface area (Å²) in [5, 5.41) is 26.0. The van der Waals surface area contributed by atoms with E-state index in [1.165, 1.54) is 0 Å². The minimum Gasteiger partial charge on any atom is -0.508 e. The molecule has 4 heterocycles. The van der Waals surface area contributed by atoms with Crippen LogP contribution in [0.3, 0.4) is 0 Å². The van der Waals surface area contributed by atoms with Gasteiger partial charge in [-0.05, 0) is 65.8 Å². The van der Waals surface area contributed by atoms with E-state index in [-0.39, 0.29) is 12.2 Å². The molecule has 0 radical (unpaired) electrons. The maximum atomic E-state index is 16.8. The van der Waals surface area contributed by atoms with Crippen LogP contribution in [-0.2, 0) is 12.8 Å². The van der Waals surface area contributed by atoms with E-state index in [1.807, 2.05) is 37.3 Å². The van der Waals surface area contributed by atoms with Crippen molar-refractivity contribution in [2.45, 2.75) is 51.6 Å². The van der Waals surface area contributed by atoms with Crippen molar-refractivity contribution in [1.82, 2.24) is 19.9 Å². The molecular formula is C31H28FN5O. The smallest absolute Gasteiger partial charge is 0.157 e. The van der Waals surface area contributed by atoms with Crippen molar-refractivity contribution < 1.29 is 9.50 Å². The van der Waals surface area contributed by atoms with E-state index in [9.17, 15) is 10.4 Å². The molecule has 38 heavy (non-hydrogen) atoms. The van der Waals surface area contributed by atoms with Gasteiger partial charge in [-0.1, -0.05) is 31.2 Å². The summed E-state index contributed by atoms with van der Waals surface area (Å²) in [6, 6.07) is 15.9. The van der Waals surface area contributed by atoms with Gasteiger partial charge >= 0.3 is 0 Å². The van der Waals surface area contributed by atoms with Crippen LogP contribution in [0.15, 0.2) is 42.5 Å². The molecule has 2 aromatic heterocycles. The van der Waals surface area contributed by atoms with Crippen LogP contribution in [0.4, 0.5) is 4.39 Å². The molecule has 2 N–H and O–H groups in total. The van der Waals surface area contributed by atoms with Crippen LogP contribution in [0.1, 0.15) is 42.9 Å². The molecule has 3 unspecified atom stereocenters. The van der Waals surface area contributed by atoms with Gasteiger partial charge in [-0.25, -0.2) is 14.4 Å². The Hall–Kier alpha value is -4.02. The van der Waals surface area contributed by atoms with Gasteiger partial charge < -0.3 is 15.0 Å². The highest BCUT2D eigenvalue weighted by Gasteiger charge is 2.49. The highest BCUT2D eigenvalue weighted by atomic mass is 19.1. The second-order valence-corrected chi connectivity index (χ2v) is 10.6. The van der Waals surface area contributed by atoms with Crippen LogP contribution in [-0.4, -0.2) is 32.2 Å². The molecule has 6 nitrogen and oxygen atoms in total. The van der Waals surface area contributed by atoms with Crippen LogP contribution < -0.4 is 5.32 Å². The first-order valence-corrected chi connectivity index (χ1v) is 13.3. The Kier molecular flexibility index (Phi) is 5.17. The van der Waals surface area contributed by atoms with Crippen molar-refractivity contribution in [3.05, 3.63) is 65.4 Å². The summed E-state index contributed by atoms with van der Waals surface area (Å²) in [6.07, 6.45) is 2.59. The third-order valence-electron chi connectivity index (χ3n) is 8.51. The third kappa shape index (κ3) is 3.20. The molecule has 3 aromatic carbocycles. The molecule has 2 aliphatic heterocycles. The van der Waals surface area contributed by atoms with Crippen molar-refractivity contribution in [3.63, 3.8) is 0 Å². The summed E-state index contributed by atoms with van der Waals surface area (Å²) >= 11 is 0. The van der Waals surface area contributed by atoms with E-state index < -0.39 is 5.82 Å². The number of imidazole rings is 1. The molecule has 2 bridgehead atoms. The fourth-order valence-corrected chi connectivity index (χ4v) is 6.78. The Morgan fingerprint density at radius 3 is 2.74 bits per heavy atom. The van der Waals surface area contributed by atoms with Crippen molar-refractivity contribution in [2.75, 3.05) is 6.54 Å². The molecular weight excluding hydrogens is 477 g/mol. The Labute approximate surface area is 219 Å². The molecule has 3 atom stereocenters. The summed E-state index contributed by atoms with van der Waals surface area (Å²) in [7, 11) is 0. The lowest BCUT2D eigenvalue weighted by Crippen LogP contribution is -2.39. The number of rotatable bonds is 5. The van der Waals surface area contributed by atoms with E-state index >= 15 is 4.39 Å². The summed E-state index contributed by atoms with van der Waals surface area (Å²) in [5.41, 5.74) is 4.52. The lowest BCUT2D eigenvalue weighted by molar-refractivity contribution is 0.221. The number of nitrogens with one attached hydrogen (secondary N) is 1. The average Bonchev–Trinajstić information content (AvgIpc) is 3.64. The minimum absolute atomic E-state index is 0.0719. The fourth-order valence-electron chi connectivity index (χ4n) is 6.78. The Balaban J connectivity index is 1.59. The van der Waals surface area contributed by atoms with Gasteiger partial charge in [0.15, 0.2) is 5.82 Å². The molecule has 2 saturated heterocycles. The number of aromatic hydroxyl groups is 1. The number of aryl methyl sites for hydroxylation is 3. The number of hydrogen-bond acceptors (Lipinski definition) is 5. The summed E-state index contributed by atoms with van der Waals surface area (Å²) in [6.45, 7) is 5.01. The summed E-state index contributed by atoms with van der Waals surface area (Å²) in [5.74, 6) is 1.20. The highest BCUT2D eigenvalue weighted by molar-refractivity contribution is 6.07. The zero-order valence-electron chi connectivity index (χ0n) is 21.4. The monoisotopic (exact) mass is 505 g/mol. The number of phenols is 1. The number of halogens is 1. The van der Waals surface area contributed by atoms with E-state index in [1.54, 1.807) is 12.1 Å². The van der Waals surface area contributed by atoms with E-state index in [4.69, 9.17) is 9.97 Å². The number of nitriles is 1. The quantitative estimate of drug-likeness (QED) is 0.301. The number of phenolic OH excluding ortho intramolecular Hbond substituents is 1. The van der Waals surface area contributed by atoms with Gasteiger partial charge in [-0.15, -0.1) is 0 Å². The number of pyridine rings is 1. The van der Waals surface area contributed by atoms with Crippen LogP contribution in [0.2, 0.25) is 0 Å². The van der Waals surface area contributed by atoms with Crippen LogP contribution in [0, 0.1) is 30.0 Å². The molecule has 3 fully saturated rings. The topological polar surface area (TPSA) is 86.8 Å². The second kappa shape index (κ2) is 8.50. The van der Waals surface area contributed by atoms with Gasteiger partial charge in [-0.2, -0.15) is 5.26 Å². The van der Waals surface area contributed by atoms with Crippen LogP contribution >= 0.6 is 0 Å². The predicted molar refractivity (Wildman–Crippen MR) is 147 cm³/mol. The first kappa shape index (κ1) is 23.1. The maximum Gasteiger partial charge on any atom is 0.157 e. The van der Waals surface area contributed by atoms with Crippen molar-refractivity contribution in [3.8, 4) is 22.9 Å². The number of aromatic nitrogens is 3. The third-order valence-corrected chi connectivity index (χ3v) is 8.51.